The highest BCUT2D eigenvalue weighted by Gasteiger charge is 2.30. The van der Waals surface area contributed by atoms with Gasteiger partial charge in [-0.25, -0.2) is 4.79 Å². The number of pyridine rings is 1. The fraction of sp³-hybridized carbons (Fsp3) is 0.211. The summed E-state index contributed by atoms with van der Waals surface area (Å²) in [6.07, 6.45) is 0. The quantitative estimate of drug-likeness (QED) is 0.219. The van der Waals surface area contributed by atoms with Gasteiger partial charge in [0.1, 0.15) is 16.5 Å². The molecule has 10 heteroatoms. The molecule has 3 rings (SSSR count). The molecule has 0 saturated heterocycles. The molecule has 10 nitrogen and oxygen atoms in total. The molecule has 3 N–H and O–H groups in total. The highest BCUT2D eigenvalue weighted by Crippen LogP contribution is 2.38. The van der Waals surface area contributed by atoms with Gasteiger partial charge in [-0.05, 0) is 32.9 Å². The van der Waals surface area contributed by atoms with E-state index in [1.54, 1.807) is 19.9 Å². The Bertz CT molecular complexity index is 1220. The van der Waals surface area contributed by atoms with E-state index in [1.807, 2.05) is 0 Å². The lowest BCUT2D eigenvalue weighted by Gasteiger charge is -2.17. The minimum Gasteiger partial charge on any atom is -0.465 e. The Morgan fingerprint density at radius 2 is 1.93 bits per heavy atom. The van der Waals surface area contributed by atoms with Gasteiger partial charge >= 0.3 is 11.9 Å². The average molecular weight is 398 g/mol. The van der Waals surface area contributed by atoms with Crippen LogP contribution in [0.3, 0.4) is 0 Å². The van der Waals surface area contributed by atoms with E-state index in [0.717, 1.165) is 6.07 Å². The second kappa shape index (κ2) is 6.89. The number of nitrogens with two attached hydrogens (primary N) is 1. The lowest BCUT2D eigenvalue weighted by atomic mass is 9.95. The largest absolute Gasteiger partial charge is 0.465 e. The van der Waals surface area contributed by atoms with Crippen LogP contribution in [0.1, 0.15) is 45.8 Å². The fourth-order valence-electron chi connectivity index (χ4n) is 3.46. The number of carbonyl (C=O) groups excluding carboxylic acids is 2. The number of ether oxygens (including phenoxy) is 1. The smallest absolute Gasteiger partial charge is 0.433 e. The van der Waals surface area contributed by atoms with Crippen molar-refractivity contribution in [1.29, 1.82) is 5.41 Å². The zero-order chi connectivity index (χ0) is 21.6. The topological polar surface area (TPSA) is 154 Å². The lowest BCUT2D eigenvalue weighted by Crippen LogP contribution is -2.14. The first-order chi connectivity index (χ1) is 13.6. The molecule has 0 saturated carbocycles. The number of hydrogen-bond acceptors (Lipinski definition) is 8. The molecule has 3 heterocycles. The Labute approximate surface area is 164 Å². The number of aryl methyl sites for hydroxylation is 1. The van der Waals surface area contributed by atoms with E-state index >= 15 is 0 Å². The summed E-state index contributed by atoms with van der Waals surface area (Å²) in [5, 5.41) is 19.0. The van der Waals surface area contributed by atoms with E-state index in [9.17, 15) is 19.7 Å². The summed E-state index contributed by atoms with van der Waals surface area (Å²) in [6.45, 7) is 4.48. The maximum absolute atomic E-state index is 12.7. The van der Waals surface area contributed by atoms with Gasteiger partial charge in [0.2, 0.25) is 0 Å². The van der Waals surface area contributed by atoms with Gasteiger partial charge in [0, 0.05) is 28.1 Å². The van der Waals surface area contributed by atoms with E-state index < -0.39 is 22.6 Å². The Morgan fingerprint density at radius 3 is 2.41 bits per heavy atom. The average Bonchev–Trinajstić information content (AvgIpc) is 3.25. The molecule has 0 aliphatic rings. The van der Waals surface area contributed by atoms with Crippen LogP contribution in [0, 0.1) is 22.4 Å². The summed E-state index contributed by atoms with van der Waals surface area (Å²) in [5.41, 5.74) is 7.60. The van der Waals surface area contributed by atoms with Crippen LogP contribution >= 0.6 is 0 Å². The number of ketones is 1. The second-order valence-electron chi connectivity index (χ2n) is 6.44. The molecule has 0 spiro atoms. The predicted molar refractivity (Wildman–Crippen MR) is 105 cm³/mol. The summed E-state index contributed by atoms with van der Waals surface area (Å²) in [6, 6.07) is 4.00. The van der Waals surface area contributed by atoms with Crippen molar-refractivity contribution < 1.29 is 23.7 Å². The van der Waals surface area contributed by atoms with Crippen molar-refractivity contribution >= 4 is 34.7 Å². The zero-order valence-electron chi connectivity index (χ0n) is 16.2. The normalized spacial score (nSPS) is 10.9. The monoisotopic (exact) mass is 398 g/mol. The van der Waals surface area contributed by atoms with Crippen LogP contribution in [0.4, 0.5) is 11.7 Å². The molecular formula is C19H18N4O6. The summed E-state index contributed by atoms with van der Waals surface area (Å²) >= 11 is 0. The number of aromatic nitrogens is 1. The molecule has 3 aromatic heterocycles. The number of nitrogen functional groups attached to an aromatic ring is 1. The third-order valence-electron chi connectivity index (χ3n) is 4.66. The third-order valence-corrected chi connectivity index (χ3v) is 4.66. The van der Waals surface area contributed by atoms with Gasteiger partial charge in [0.25, 0.3) is 0 Å². The summed E-state index contributed by atoms with van der Waals surface area (Å²) in [7, 11) is 1.18. The molecule has 0 bridgehead atoms. The second-order valence-corrected chi connectivity index (χ2v) is 6.44. The number of esters is 1. The summed E-state index contributed by atoms with van der Waals surface area (Å²) in [4.78, 5) is 35.6. The van der Waals surface area contributed by atoms with Crippen LogP contribution in [0.25, 0.3) is 16.8 Å². The van der Waals surface area contributed by atoms with Gasteiger partial charge in [-0.1, -0.05) is 0 Å². The summed E-state index contributed by atoms with van der Waals surface area (Å²) < 4.78 is 11.7. The number of methoxy groups -OCH3 is 1. The Morgan fingerprint density at radius 1 is 1.28 bits per heavy atom. The minimum atomic E-state index is -0.779. The lowest BCUT2D eigenvalue weighted by molar-refractivity contribution is -0.401. The minimum absolute atomic E-state index is 0.0270. The molecule has 150 valence electrons. The van der Waals surface area contributed by atoms with Crippen molar-refractivity contribution in [2.75, 3.05) is 12.8 Å². The zero-order valence-corrected chi connectivity index (χ0v) is 16.2. The van der Waals surface area contributed by atoms with E-state index in [4.69, 9.17) is 20.3 Å². The van der Waals surface area contributed by atoms with Gasteiger partial charge in [0.05, 0.1) is 24.3 Å². The van der Waals surface area contributed by atoms with E-state index in [0.29, 0.717) is 16.8 Å². The SMILES string of the molecule is COC(=O)c1c(-c2ccc([N+](=O)[O-])o2)c(C(C)=O)c(C)n2c(N)c(C(C)=N)cc12. The number of Topliss-reactive ketones (excluding diaryl/α,β-unsaturated/α-hetero) is 1. The van der Waals surface area contributed by atoms with Crippen LogP contribution in [-0.4, -0.2) is 33.9 Å². The Hall–Kier alpha value is -3.95. The van der Waals surface area contributed by atoms with Crippen LogP contribution in [0.5, 0.6) is 0 Å². The fourth-order valence-corrected chi connectivity index (χ4v) is 3.46. The number of fused-ring (bicyclic) bond motifs is 1. The van der Waals surface area contributed by atoms with Crippen molar-refractivity contribution in [2.45, 2.75) is 20.8 Å². The van der Waals surface area contributed by atoms with Gasteiger partial charge in [-0.15, -0.1) is 0 Å². The van der Waals surface area contributed by atoms with Crippen molar-refractivity contribution in [2.24, 2.45) is 0 Å². The summed E-state index contributed by atoms with van der Waals surface area (Å²) in [5.74, 6) is -1.55. The highest BCUT2D eigenvalue weighted by atomic mass is 16.6. The van der Waals surface area contributed by atoms with Gasteiger partial charge in [-0.3, -0.25) is 19.3 Å². The van der Waals surface area contributed by atoms with Crippen LogP contribution < -0.4 is 5.73 Å². The number of carbonyl (C=O) groups is 2. The van der Waals surface area contributed by atoms with Crippen molar-refractivity contribution in [3.8, 4) is 11.3 Å². The number of furan rings is 1. The number of nitrogens with zero attached hydrogens (tertiary/aromatic N) is 2. The standard InChI is InChI=1S/C19H18N4O6/c1-8(20)11-7-12-16(19(25)28-4)17(13-5-6-14(29-13)23(26)27)15(10(3)24)9(2)22(12)18(11)21/h5-7,20H,21H2,1-4H3. The number of nitrogens with one attached hydrogen (secondary N) is 1. The molecule has 3 aromatic rings. The maximum atomic E-state index is 12.7. The first kappa shape index (κ1) is 19.8. The molecule has 0 unspecified atom stereocenters. The van der Waals surface area contributed by atoms with Crippen molar-refractivity contribution in [1.82, 2.24) is 4.40 Å². The van der Waals surface area contributed by atoms with Gasteiger partial charge in [0.15, 0.2) is 5.78 Å². The molecule has 0 aromatic carbocycles. The molecule has 0 amide bonds. The number of rotatable bonds is 5. The Balaban J connectivity index is 2.59. The van der Waals surface area contributed by atoms with Gasteiger partial charge in [-0.2, -0.15) is 0 Å². The maximum Gasteiger partial charge on any atom is 0.433 e. The molecule has 29 heavy (non-hydrogen) atoms. The van der Waals surface area contributed by atoms with E-state index in [1.165, 1.54) is 24.5 Å². The van der Waals surface area contributed by atoms with Crippen LogP contribution in [0.15, 0.2) is 22.6 Å². The number of anilines is 1. The molecule has 0 radical (unpaired) electrons. The Kier molecular flexibility index (Phi) is 4.71. The van der Waals surface area contributed by atoms with Crippen LogP contribution in [0.2, 0.25) is 0 Å². The van der Waals surface area contributed by atoms with Crippen molar-refractivity contribution in [3.63, 3.8) is 0 Å². The first-order valence-corrected chi connectivity index (χ1v) is 8.47. The molecule has 0 aliphatic heterocycles. The third kappa shape index (κ3) is 2.94. The molecule has 0 aliphatic carbocycles. The highest BCUT2D eigenvalue weighted by molar-refractivity contribution is 6.13. The van der Waals surface area contributed by atoms with Crippen LogP contribution in [-0.2, 0) is 4.74 Å². The number of hydrogen-bond donors (Lipinski definition) is 2. The molecule has 0 fully saturated rings. The molecular weight excluding hydrogens is 380 g/mol. The molecule has 0 atom stereocenters. The van der Waals surface area contributed by atoms with Crippen molar-refractivity contribution in [3.05, 3.63) is 50.7 Å². The number of nitro groups is 1. The first-order valence-electron chi connectivity index (χ1n) is 8.47. The van der Waals surface area contributed by atoms with E-state index in [-0.39, 0.29) is 34.0 Å². The predicted octanol–water partition coefficient (Wildman–Crippen LogP) is 3.38. The van der Waals surface area contributed by atoms with E-state index in [2.05, 4.69) is 0 Å². The van der Waals surface area contributed by atoms with Gasteiger partial charge < -0.3 is 20.3 Å².